The maximum Gasteiger partial charge on any atom is -1.00 e. The van der Waals surface area contributed by atoms with Gasteiger partial charge in [-0.15, -0.1) is 0 Å². The Balaban J connectivity index is 0. The number of hydrogen-bond donors (Lipinski definition) is 0. The first-order chi connectivity index (χ1) is 4.58. The normalized spacial score (nSPS) is 14.1. The summed E-state index contributed by atoms with van der Waals surface area (Å²) in [5.41, 5.74) is 0. The van der Waals surface area contributed by atoms with E-state index in [1.807, 2.05) is 0 Å². The van der Waals surface area contributed by atoms with E-state index in [1.54, 1.807) is 3.88 Å². The van der Waals surface area contributed by atoms with E-state index in [1.165, 1.54) is 6.42 Å². The Bertz CT molecular complexity index is 182. The van der Waals surface area contributed by atoms with Crippen molar-refractivity contribution in [2.45, 2.75) is 26.1 Å². The molecular formula is C8H14Cl2SiTi. The molecule has 68 valence electrons. The summed E-state index contributed by atoms with van der Waals surface area (Å²) in [6.45, 7) is 7.44. The van der Waals surface area contributed by atoms with Crippen molar-refractivity contribution in [2.24, 2.45) is 0 Å². The van der Waals surface area contributed by atoms with Crippen LogP contribution in [-0.4, -0.2) is 5.94 Å². The van der Waals surface area contributed by atoms with Crippen LogP contribution in [-0.2, 0) is 18.4 Å². The molecule has 0 N–H and O–H groups in total. The van der Waals surface area contributed by atoms with Gasteiger partial charge in [-0.1, -0.05) is 0 Å². The number of halogens is 2. The Morgan fingerprint density at radius 3 is 2.17 bits per heavy atom. The van der Waals surface area contributed by atoms with Crippen LogP contribution in [0.3, 0.4) is 0 Å². The van der Waals surface area contributed by atoms with Gasteiger partial charge in [-0.2, -0.15) is 0 Å². The Kier molecular flexibility index (Phi) is 8.31. The standard InChI is InChI=1S/C5H5.C3H9Si.2ClH.Ti/c1-2-4-5-3-1;1-4(2)3;;;/h1-3H,4H2;1-3H3;2*1H;/q;;;;+2/p-2. The molecule has 0 aromatic rings. The number of allylic oxidation sites excluding steroid dienone is 4. The molecule has 0 heterocycles. The number of rotatable bonds is 2. The van der Waals surface area contributed by atoms with Gasteiger partial charge in [0.05, 0.1) is 0 Å². The van der Waals surface area contributed by atoms with Gasteiger partial charge in [0.15, 0.2) is 0 Å². The van der Waals surface area contributed by atoms with Gasteiger partial charge < -0.3 is 24.8 Å². The Labute approximate surface area is 96.8 Å². The van der Waals surface area contributed by atoms with Crippen LogP contribution in [0.2, 0.25) is 19.6 Å². The van der Waals surface area contributed by atoms with Gasteiger partial charge in [-0.3, -0.25) is 0 Å². The van der Waals surface area contributed by atoms with Crippen molar-refractivity contribution >= 4 is 5.94 Å². The van der Waals surface area contributed by atoms with Crippen LogP contribution in [0.15, 0.2) is 22.1 Å². The summed E-state index contributed by atoms with van der Waals surface area (Å²) in [4.78, 5) is 0. The van der Waals surface area contributed by atoms with E-state index in [4.69, 9.17) is 0 Å². The molecule has 0 amide bonds. The van der Waals surface area contributed by atoms with E-state index in [9.17, 15) is 0 Å². The third kappa shape index (κ3) is 6.50. The monoisotopic (exact) mass is 256 g/mol. The summed E-state index contributed by atoms with van der Waals surface area (Å²) in [7, 11) is 0. The summed E-state index contributed by atoms with van der Waals surface area (Å²) >= 11 is 0.285. The van der Waals surface area contributed by atoms with Crippen molar-refractivity contribution in [3.05, 3.63) is 22.1 Å². The third-order valence-electron chi connectivity index (χ3n) is 1.31. The maximum atomic E-state index is 2.48. The van der Waals surface area contributed by atoms with E-state index >= 15 is 0 Å². The minimum absolute atomic E-state index is 0. The average molecular weight is 257 g/mol. The van der Waals surface area contributed by atoms with Gasteiger partial charge in [0.2, 0.25) is 0 Å². The summed E-state index contributed by atoms with van der Waals surface area (Å²) in [6, 6.07) is 0. The van der Waals surface area contributed by atoms with E-state index in [2.05, 4.69) is 37.9 Å². The quantitative estimate of drug-likeness (QED) is 0.456. The number of hydrogen-bond acceptors (Lipinski definition) is 0. The van der Waals surface area contributed by atoms with Crippen LogP contribution in [0.5, 0.6) is 0 Å². The predicted octanol–water partition coefficient (Wildman–Crippen LogP) is -3.24. The molecule has 1 aliphatic carbocycles. The summed E-state index contributed by atoms with van der Waals surface area (Å²) in [5.74, 6) is -0.706. The molecule has 4 heteroatoms. The van der Waals surface area contributed by atoms with Crippen LogP contribution < -0.4 is 24.8 Å². The summed E-state index contributed by atoms with van der Waals surface area (Å²) < 4.78 is 1.76. The van der Waals surface area contributed by atoms with Crippen molar-refractivity contribution in [1.82, 2.24) is 0 Å². The molecule has 0 bridgehead atoms. The van der Waals surface area contributed by atoms with Crippen molar-refractivity contribution in [3.8, 4) is 0 Å². The van der Waals surface area contributed by atoms with Crippen molar-refractivity contribution in [2.75, 3.05) is 0 Å². The Hall–Kier alpha value is 0.991. The fourth-order valence-electron chi connectivity index (χ4n) is 1.02. The molecule has 0 saturated carbocycles. The molecule has 12 heavy (non-hydrogen) atoms. The van der Waals surface area contributed by atoms with E-state index < -0.39 is 5.94 Å². The summed E-state index contributed by atoms with van der Waals surface area (Å²) in [6.07, 6.45) is 8.08. The molecule has 0 nitrogen and oxygen atoms in total. The molecule has 0 radical (unpaired) electrons. The van der Waals surface area contributed by atoms with Crippen LogP contribution in [0.4, 0.5) is 0 Å². The van der Waals surface area contributed by atoms with Crippen LogP contribution in [0.1, 0.15) is 6.42 Å². The molecule has 0 spiro atoms. The van der Waals surface area contributed by atoms with Crippen LogP contribution in [0.25, 0.3) is 0 Å². The zero-order valence-electron chi connectivity index (χ0n) is 7.70. The smallest absolute Gasteiger partial charge is 1.00 e. The predicted molar refractivity (Wildman–Crippen MR) is 45.2 cm³/mol. The SMILES string of the molecule is C[Si](C)(C)[Ti+2][C]1=CC=CC1.[Cl-].[Cl-]. The van der Waals surface area contributed by atoms with Crippen molar-refractivity contribution in [1.29, 1.82) is 0 Å². The maximum absolute atomic E-state index is 2.48. The molecule has 0 unspecified atom stereocenters. The topological polar surface area (TPSA) is 0 Å². The molecule has 0 saturated heterocycles. The van der Waals surface area contributed by atoms with Crippen molar-refractivity contribution in [3.63, 3.8) is 0 Å². The average Bonchev–Trinajstić information content (AvgIpc) is 2.12. The molecule has 0 aromatic carbocycles. The van der Waals surface area contributed by atoms with Gasteiger partial charge in [-0.25, -0.2) is 0 Å². The second-order valence-electron chi connectivity index (χ2n) is 3.70. The second kappa shape index (κ2) is 6.45. The molecule has 0 aliphatic heterocycles. The molecular weight excluding hydrogens is 243 g/mol. The first-order valence-electron chi connectivity index (χ1n) is 3.72. The van der Waals surface area contributed by atoms with Gasteiger partial charge in [0, 0.05) is 0 Å². The van der Waals surface area contributed by atoms with Gasteiger partial charge >= 0.3 is 72.5 Å². The minimum atomic E-state index is -0.706. The van der Waals surface area contributed by atoms with Gasteiger partial charge in [0.1, 0.15) is 0 Å². The van der Waals surface area contributed by atoms with Gasteiger partial charge in [-0.05, 0) is 0 Å². The molecule has 0 atom stereocenters. The first-order valence-corrected chi connectivity index (χ1v) is 10.3. The zero-order valence-corrected chi connectivity index (χ0v) is 11.8. The molecule has 0 aromatic heterocycles. The Morgan fingerprint density at radius 2 is 1.83 bits per heavy atom. The van der Waals surface area contributed by atoms with Crippen LogP contribution >= 0.6 is 0 Å². The molecule has 1 aliphatic rings. The van der Waals surface area contributed by atoms with E-state index in [-0.39, 0.29) is 43.2 Å². The summed E-state index contributed by atoms with van der Waals surface area (Å²) in [5, 5.41) is 0. The minimum Gasteiger partial charge on any atom is -1.00 e. The Morgan fingerprint density at radius 1 is 1.25 bits per heavy atom. The van der Waals surface area contributed by atoms with E-state index in [0.717, 1.165) is 0 Å². The first kappa shape index (κ1) is 15.5. The van der Waals surface area contributed by atoms with Crippen LogP contribution in [0, 0.1) is 0 Å². The fraction of sp³-hybridized carbons (Fsp3) is 0.500. The zero-order chi connectivity index (χ0) is 7.61. The fourth-order valence-corrected chi connectivity index (χ4v) is 7.89. The third-order valence-corrected chi connectivity index (χ3v) is 7.97. The van der Waals surface area contributed by atoms with Gasteiger partial charge in [0.25, 0.3) is 0 Å². The van der Waals surface area contributed by atoms with Crippen molar-refractivity contribution < 1.29 is 43.2 Å². The molecule has 0 fully saturated rings. The van der Waals surface area contributed by atoms with E-state index in [0.29, 0.717) is 0 Å². The largest absolute Gasteiger partial charge is 1.00 e. The molecule has 1 rings (SSSR count). The second-order valence-corrected chi connectivity index (χ2v) is 17.7.